The summed E-state index contributed by atoms with van der Waals surface area (Å²) in [6.45, 7) is 0. The van der Waals surface area contributed by atoms with Gasteiger partial charge in [-0.15, -0.1) is 0 Å². The second-order valence-corrected chi connectivity index (χ2v) is 14.4. The normalized spacial score (nSPS) is 23.7. The molecular formula is C27H15F15O3P-. The predicted octanol–water partition coefficient (Wildman–Crippen LogP) is 7.54. The second-order valence-electron chi connectivity index (χ2n) is 10.5. The zero-order valence-corrected chi connectivity index (χ0v) is 22.9. The van der Waals surface area contributed by atoms with Gasteiger partial charge in [-0.25, -0.2) is 0 Å². The van der Waals surface area contributed by atoms with Crippen molar-refractivity contribution >= 4 is 17.7 Å². The monoisotopic (exact) mass is 703 g/mol. The Bertz CT molecular complexity index is 1620. The van der Waals surface area contributed by atoms with Crippen LogP contribution >= 0.6 is 7.06 Å². The third-order valence-electron chi connectivity index (χ3n) is 8.03. The van der Waals surface area contributed by atoms with E-state index in [1.54, 1.807) is 0 Å². The topological polar surface area (TPSA) is 41.5 Å². The molecule has 0 radical (unpaired) electrons. The number of alkyl halides is 15. The molecular weight excluding hydrogens is 688 g/mol. The summed E-state index contributed by atoms with van der Waals surface area (Å²) in [5.74, 6) is 0. The number of hydrogen-bond donors (Lipinski definition) is 0. The van der Waals surface area contributed by atoms with Crippen LogP contribution in [-0.4, -0.2) is 37.0 Å². The first kappa shape index (κ1) is 34.3. The minimum absolute atomic E-state index is 0.0855. The third-order valence-corrected chi connectivity index (χ3v) is 13.1. The average Bonchev–Trinajstić information content (AvgIpc) is 3.21. The Morgan fingerprint density at radius 2 is 0.978 bits per heavy atom. The van der Waals surface area contributed by atoms with Crippen molar-refractivity contribution in [2.24, 2.45) is 0 Å². The van der Waals surface area contributed by atoms with Crippen LogP contribution in [0.3, 0.4) is 0 Å². The van der Waals surface area contributed by atoms with Gasteiger partial charge < -0.3 is 0 Å². The van der Waals surface area contributed by atoms with Crippen molar-refractivity contribution in [2.75, 3.05) is 6.16 Å². The Kier molecular flexibility index (Phi) is 7.08. The molecule has 1 saturated heterocycles. The molecule has 1 fully saturated rings. The summed E-state index contributed by atoms with van der Waals surface area (Å²) in [5.41, 5.74) is -21.4. The van der Waals surface area contributed by atoms with E-state index in [0.29, 0.717) is 42.5 Å². The van der Waals surface area contributed by atoms with E-state index in [4.69, 9.17) is 9.05 Å². The van der Waals surface area contributed by atoms with Crippen LogP contribution < -0.4 is 15.7 Å². The molecule has 1 spiro atoms. The standard InChI is InChI=1S/C27H15F15O3P/c28-23(29,30)20(15-8-2-1-3-9-15)14-46(44-20,18-12-6-4-10-16(18)21(43,24(31,32)33)25(34,35)36)19-13-7-5-11-17(19)22(45-46,26(37,38)39)27(40,41)42/h1-13H,14H2/q-1/t20-/m1/s1. The molecule has 0 unspecified atom stereocenters. The van der Waals surface area contributed by atoms with Crippen molar-refractivity contribution < 1.29 is 80.0 Å². The number of benzene rings is 3. The van der Waals surface area contributed by atoms with E-state index in [1.807, 2.05) is 0 Å². The van der Waals surface area contributed by atoms with Crippen LogP contribution in [0.1, 0.15) is 16.7 Å². The Balaban J connectivity index is 2.02. The van der Waals surface area contributed by atoms with Crippen molar-refractivity contribution in [2.45, 2.75) is 47.7 Å². The summed E-state index contributed by atoms with van der Waals surface area (Å²) in [5, 5.41) is 9.53. The molecule has 3 nitrogen and oxygen atoms in total. The van der Waals surface area contributed by atoms with E-state index in [0.717, 1.165) is 18.2 Å². The van der Waals surface area contributed by atoms with Gasteiger partial charge in [0.1, 0.15) is 0 Å². The van der Waals surface area contributed by atoms with E-state index in [1.165, 1.54) is 0 Å². The molecule has 3 aromatic carbocycles. The molecule has 0 aromatic heterocycles. The fourth-order valence-corrected chi connectivity index (χ4v) is 12.4. The van der Waals surface area contributed by atoms with E-state index in [9.17, 15) is 71.0 Å². The van der Waals surface area contributed by atoms with Gasteiger partial charge in [-0.2, -0.15) is 0 Å². The number of halogens is 15. The average molecular weight is 703 g/mol. The van der Waals surface area contributed by atoms with Gasteiger partial charge in [0, 0.05) is 0 Å². The summed E-state index contributed by atoms with van der Waals surface area (Å²) in [6, 6.07) is 6.88. The first-order valence-electron chi connectivity index (χ1n) is 12.5. The zero-order valence-electron chi connectivity index (χ0n) is 22.1. The van der Waals surface area contributed by atoms with Crippen LogP contribution in [-0.2, 0) is 25.9 Å². The van der Waals surface area contributed by atoms with Gasteiger partial charge >= 0.3 is 247 Å². The molecule has 5 rings (SSSR count). The van der Waals surface area contributed by atoms with Crippen molar-refractivity contribution in [3.63, 3.8) is 0 Å². The number of hydrogen-bond acceptors (Lipinski definition) is 3. The van der Waals surface area contributed by atoms with E-state index >= 15 is 0 Å². The quantitative estimate of drug-likeness (QED) is 0.209. The molecule has 46 heavy (non-hydrogen) atoms. The molecule has 19 heteroatoms. The van der Waals surface area contributed by atoms with Gasteiger partial charge in [0.2, 0.25) is 0 Å². The third kappa shape index (κ3) is 4.05. The van der Waals surface area contributed by atoms with Gasteiger partial charge in [0.05, 0.1) is 0 Å². The summed E-state index contributed by atoms with van der Waals surface area (Å²) >= 11 is 0. The molecule has 0 saturated carbocycles. The molecule has 0 aliphatic carbocycles. The Morgan fingerprint density at radius 1 is 0.543 bits per heavy atom. The zero-order chi connectivity index (χ0) is 34.6. The van der Waals surface area contributed by atoms with E-state index in [-0.39, 0.29) is 18.2 Å². The predicted molar refractivity (Wildman–Crippen MR) is 128 cm³/mol. The fourth-order valence-electron chi connectivity index (χ4n) is 6.14. The van der Waals surface area contributed by atoms with E-state index in [2.05, 4.69) is 0 Å². The summed E-state index contributed by atoms with van der Waals surface area (Å²) in [6.07, 6.45) is -35.0. The first-order valence-corrected chi connectivity index (χ1v) is 14.8. The van der Waals surface area contributed by atoms with Crippen molar-refractivity contribution in [3.8, 4) is 0 Å². The maximum atomic E-state index is 14.9. The maximum absolute atomic E-state index is 14.9. The van der Waals surface area contributed by atoms with Gasteiger partial charge in [-0.3, -0.25) is 0 Å². The van der Waals surface area contributed by atoms with E-state index < -0.39 is 88.2 Å². The molecule has 0 N–H and O–H groups in total. The van der Waals surface area contributed by atoms with Crippen LogP contribution in [0.15, 0.2) is 78.9 Å². The van der Waals surface area contributed by atoms with Gasteiger partial charge in [-0.05, 0) is 0 Å². The Morgan fingerprint density at radius 3 is 1.43 bits per heavy atom. The SMILES string of the molecule is [O-]C(c1ccccc1P12(C[C@@](c3ccccc3)(C(F)(F)F)O1)OC(C(F)(F)F)(C(F)(F)F)c1ccccc12)(C(F)(F)F)C(F)(F)F. The number of rotatable bonds is 3. The van der Waals surface area contributed by atoms with Crippen LogP contribution in [0.25, 0.3) is 0 Å². The van der Waals surface area contributed by atoms with Crippen LogP contribution in [0.2, 0.25) is 0 Å². The molecule has 2 aliphatic heterocycles. The van der Waals surface area contributed by atoms with Crippen molar-refractivity contribution in [1.82, 2.24) is 0 Å². The van der Waals surface area contributed by atoms with Gasteiger partial charge in [0.25, 0.3) is 0 Å². The van der Waals surface area contributed by atoms with Crippen molar-refractivity contribution in [3.05, 3.63) is 95.6 Å². The van der Waals surface area contributed by atoms with Crippen LogP contribution in [0.5, 0.6) is 0 Å². The molecule has 252 valence electrons. The van der Waals surface area contributed by atoms with Crippen LogP contribution in [0.4, 0.5) is 65.9 Å². The molecule has 1 atom stereocenters. The second kappa shape index (κ2) is 9.51. The Hall–Kier alpha value is -3.08. The molecule has 2 heterocycles. The summed E-state index contributed by atoms with van der Waals surface area (Å²) in [7, 11) is -7.22. The minimum atomic E-state index is -7.22. The molecule has 3 aromatic rings. The number of fused-ring (bicyclic) bond motifs is 2. The Labute approximate surface area is 247 Å². The fraction of sp³-hybridized carbons (Fsp3) is 0.333. The summed E-state index contributed by atoms with van der Waals surface area (Å²) in [4.78, 5) is 0. The van der Waals surface area contributed by atoms with Crippen molar-refractivity contribution in [1.29, 1.82) is 0 Å². The summed E-state index contributed by atoms with van der Waals surface area (Å²) < 4.78 is 228. The van der Waals surface area contributed by atoms with Gasteiger partial charge in [0.15, 0.2) is 0 Å². The first-order chi connectivity index (χ1) is 20.8. The molecule has 2 aliphatic rings. The van der Waals surface area contributed by atoms with Gasteiger partial charge in [-0.1, -0.05) is 0 Å². The van der Waals surface area contributed by atoms with Crippen LogP contribution in [0, 0.1) is 0 Å². The molecule has 0 bridgehead atoms. The molecule has 0 amide bonds.